The average molecular weight is 424 g/mol. The van der Waals surface area contributed by atoms with Crippen molar-refractivity contribution in [3.8, 4) is 0 Å². The van der Waals surface area contributed by atoms with E-state index in [-0.39, 0.29) is 12.0 Å². The molecule has 0 aromatic carbocycles. The van der Waals surface area contributed by atoms with E-state index in [0.29, 0.717) is 17.7 Å². The van der Waals surface area contributed by atoms with Gasteiger partial charge in [0.05, 0.1) is 24.1 Å². The lowest BCUT2D eigenvalue weighted by atomic mass is 10.2. The van der Waals surface area contributed by atoms with Crippen molar-refractivity contribution in [2.75, 3.05) is 17.1 Å². The third-order valence-electron chi connectivity index (χ3n) is 5.15. The Labute approximate surface area is 176 Å². The number of anilines is 3. The molecular weight excluding hydrogens is 399 g/mol. The maximum atomic E-state index is 13.5. The first-order valence-corrected chi connectivity index (χ1v) is 9.26. The lowest BCUT2D eigenvalue weighted by Gasteiger charge is -2.14. The summed E-state index contributed by atoms with van der Waals surface area (Å²) in [6.07, 6.45) is 1.98. The van der Waals surface area contributed by atoms with E-state index in [1.807, 2.05) is 0 Å². The normalized spacial score (nSPS) is 21.1. The molecule has 0 saturated heterocycles. The summed E-state index contributed by atoms with van der Waals surface area (Å²) in [5, 5.41) is 17.8. The van der Waals surface area contributed by atoms with E-state index in [2.05, 4.69) is 25.5 Å². The van der Waals surface area contributed by atoms with Crippen LogP contribution in [0.25, 0.3) is 0 Å². The molecule has 0 amide bonds. The van der Waals surface area contributed by atoms with E-state index < -0.39 is 36.4 Å². The Morgan fingerprint density at radius 1 is 1.30 bits per heavy atom. The zero-order chi connectivity index (χ0) is 25.2. The molecule has 2 N–H and O–H groups in total. The van der Waals surface area contributed by atoms with Crippen LogP contribution in [0.3, 0.4) is 0 Å². The van der Waals surface area contributed by atoms with Gasteiger partial charge in [0.1, 0.15) is 22.7 Å². The van der Waals surface area contributed by atoms with Crippen LogP contribution in [0.4, 0.5) is 30.8 Å². The second-order valence-electron chi connectivity index (χ2n) is 7.27. The largest absolute Gasteiger partial charge is 0.421 e. The van der Waals surface area contributed by atoms with Crippen LogP contribution in [-0.4, -0.2) is 41.2 Å². The summed E-state index contributed by atoms with van der Waals surface area (Å²) in [5.41, 5.74) is -1.20. The molecule has 0 spiro atoms. The van der Waals surface area contributed by atoms with Crippen LogP contribution in [0.5, 0.6) is 0 Å². The molecule has 5 rings (SSSR count). The van der Waals surface area contributed by atoms with Gasteiger partial charge >= 0.3 is 6.18 Å². The molecular formula is C18H20F3N9. The predicted molar refractivity (Wildman–Crippen MR) is 101 cm³/mol. The van der Waals surface area contributed by atoms with E-state index in [1.54, 1.807) is 33.3 Å². The lowest BCUT2D eigenvalue weighted by molar-refractivity contribution is -0.137. The van der Waals surface area contributed by atoms with Gasteiger partial charge in [-0.05, 0) is 32.5 Å². The Morgan fingerprint density at radius 2 is 2.07 bits per heavy atom. The van der Waals surface area contributed by atoms with Crippen molar-refractivity contribution in [1.29, 1.82) is 0 Å². The highest BCUT2D eigenvalue weighted by Crippen LogP contribution is 2.49. The van der Waals surface area contributed by atoms with Crippen LogP contribution in [-0.2, 0) is 11.7 Å². The second-order valence-corrected chi connectivity index (χ2v) is 7.27. The molecule has 2 saturated carbocycles. The monoisotopic (exact) mass is 424 g/mol. The second kappa shape index (κ2) is 6.67. The fourth-order valence-electron chi connectivity index (χ4n) is 3.34. The summed E-state index contributed by atoms with van der Waals surface area (Å²) in [4.78, 5) is 9.10. The van der Waals surface area contributed by atoms with Gasteiger partial charge in [-0.2, -0.15) is 38.2 Å². The van der Waals surface area contributed by atoms with Crippen molar-refractivity contribution in [2.24, 2.45) is 0 Å². The average Bonchev–Trinajstić information content (AvgIpc) is 3.65. The molecule has 12 heteroatoms. The van der Waals surface area contributed by atoms with Crippen LogP contribution in [0, 0.1) is 0 Å². The Kier molecular flexibility index (Phi) is 3.10. The first kappa shape index (κ1) is 13.9. The fraction of sp³-hybridized carbons (Fsp3) is 0.500. The van der Waals surface area contributed by atoms with Gasteiger partial charge in [-0.3, -0.25) is 0 Å². The summed E-state index contributed by atoms with van der Waals surface area (Å²) < 4.78 is 79.4. The third-order valence-corrected chi connectivity index (χ3v) is 5.15. The standard InChI is InChI=1S/C18H20F3N9/c1-2-22-15-12(18(19,20)21)10-23-16(27-15)26-14-9-13(28-29(14)11-3-4-11)17(5-6-17)30-24-7-8-25-30/h7-11H,2-6H2,1H3,(H2,22,23,26,27)/i1D3,2D2. The lowest BCUT2D eigenvalue weighted by Crippen LogP contribution is -2.22. The summed E-state index contributed by atoms with van der Waals surface area (Å²) in [6, 6.07) is 1.84. The maximum absolute atomic E-state index is 13.5. The van der Waals surface area contributed by atoms with Crippen LogP contribution in [0.2, 0.25) is 0 Å². The van der Waals surface area contributed by atoms with E-state index in [9.17, 15) is 13.2 Å². The Balaban J connectivity index is 1.49. The van der Waals surface area contributed by atoms with Crippen molar-refractivity contribution in [3.63, 3.8) is 0 Å². The topological polar surface area (TPSA) is 98.4 Å². The van der Waals surface area contributed by atoms with Gasteiger partial charge in [0, 0.05) is 25.6 Å². The molecule has 0 aliphatic heterocycles. The smallest absolute Gasteiger partial charge is 0.370 e. The number of rotatable bonds is 7. The highest BCUT2D eigenvalue weighted by Gasteiger charge is 2.51. The summed E-state index contributed by atoms with van der Waals surface area (Å²) in [7, 11) is 0. The van der Waals surface area contributed by atoms with Gasteiger partial charge in [0.2, 0.25) is 5.95 Å². The van der Waals surface area contributed by atoms with Crippen LogP contribution in [0.1, 0.15) is 56.7 Å². The third kappa shape index (κ3) is 3.25. The number of hydrogen-bond acceptors (Lipinski definition) is 7. The minimum absolute atomic E-state index is 0.101. The molecule has 0 unspecified atom stereocenters. The van der Waals surface area contributed by atoms with Gasteiger partial charge in [0.15, 0.2) is 0 Å². The summed E-state index contributed by atoms with van der Waals surface area (Å²) in [5.74, 6) is -0.837. The first-order chi connectivity index (χ1) is 16.3. The molecule has 0 bridgehead atoms. The molecule has 30 heavy (non-hydrogen) atoms. The van der Waals surface area contributed by atoms with E-state index >= 15 is 0 Å². The predicted octanol–water partition coefficient (Wildman–Crippen LogP) is 3.33. The SMILES string of the molecule is [2H]C([2H])([2H])C([2H])([2H])Nc1nc(Nc2cc(C3(n4nccn4)CC3)nn2C2CC2)ncc1C(F)(F)F. The highest BCUT2D eigenvalue weighted by molar-refractivity contribution is 5.55. The molecule has 0 radical (unpaired) electrons. The van der Waals surface area contributed by atoms with Crippen molar-refractivity contribution >= 4 is 17.6 Å². The zero-order valence-electron chi connectivity index (χ0n) is 20.5. The minimum Gasteiger partial charge on any atom is -0.370 e. The number of aromatic nitrogens is 7. The molecule has 158 valence electrons. The molecule has 3 heterocycles. The van der Waals surface area contributed by atoms with Gasteiger partial charge in [-0.1, -0.05) is 0 Å². The maximum Gasteiger partial charge on any atom is 0.421 e. The van der Waals surface area contributed by atoms with Crippen LogP contribution in [0.15, 0.2) is 24.7 Å². The fourth-order valence-corrected chi connectivity index (χ4v) is 3.34. The number of hydrogen-bond donors (Lipinski definition) is 2. The quantitative estimate of drug-likeness (QED) is 0.600. The van der Waals surface area contributed by atoms with Crippen molar-refractivity contribution < 1.29 is 20.0 Å². The summed E-state index contributed by atoms with van der Waals surface area (Å²) >= 11 is 0. The number of nitrogens with zero attached hydrogens (tertiary/aromatic N) is 7. The minimum atomic E-state index is -4.94. The van der Waals surface area contributed by atoms with Crippen molar-refractivity contribution in [2.45, 2.75) is 50.3 Å². The van der Waals surface area contributed by atoms with Gasteiger partial charge in [0.25, 0.3) is 0 Å². The van der Waals surface area contributed by atoms with Crippen LogP contribution >= 0.6 is 0 Å². The molecule has 2 fully saturated rings. The van der Waals surface area contributed by atoms with E-state index in [0.717, 1.165) is 25.7 Å². The van der Waals surface area contributed by atoms with Crippen molar-refractivity contribution in [3.05, 3.63) is 35.9 Å². The summed E-state index contributed by atoms with van der Waals surface area (Å²) in [6.45, 7) is -6.41. The number of alkyl halides is 3. The van der Waals surface area contributed by atoms with Gasteiger partial charge < -0.3 is 10.6 Å². The van der Waals surface area contributed by atoms with E-state index in [4.69, 9.17) is 12.0 Å². The zero-order valence-corrected chi connectivity index (χ0v) is 15.5. The molecule has 9 nitrogen and oxygen atoms in total. The van der Waals surface area contributed by atoms with Gasteiger partial charge in [-0.15, -0.1) is 0 Å². The van der Waals surface area contributed by atoms with Crippen molar-refractivity contribution in [1.82, 2.24) is 34.7 Å². The molecule has 0 atom stereocenters. The molecule has 3 aromatic rings. The Bertz CT molecular complexity index is 1230. The van der Waals surface area contributed by atoms with E-state index in [1.165, 1.54) is 0 Å². The van der Waals surface area contributed by atoms with Crippen LogP contribution < -0.4 is 10.6 Å². The number of halogens is 3. The first-order valence-electron chi connectivity index (χ1n) is 11.8. The Hall–Kier alpha value is -3.18. The molecule has 2 aliphatic rings. The highest BCUT2D eigenvalue weighted by atomic mass is 19.4. The molecule has 2 aliphatic carbocycles. The number of nitrogens with one attached hydrogen (secondary N) is 2. The molecule has 3 aromatic heterocycles. The van der Waals surface area contributed by atoms with Gasteiger partial charge in [-0.25, -0.2) is 9.67 Å². The Morgan fingerprint density at radius 3 is 2.70 bits per heavy atom.